The third kappa shape index (κ3) is 4.58. The maximum Gasteiger partial charge on any atom is 0.255 e. The van der Waals surface area contributed by atoms with Crippen LogP contribution in [0, 0.1) is 0 Å². The molecule has 1 unspecified atom stereocenters. The Morgan fingerprint density at radius 1 is 1.12 bits per heavy atom. The third-order valence-electron chi connectivity index (χ3n) is 4.12. The van der Waals surface area contributed by atoms with Crippen molar-refractivity contribution in [2.24, 2.45) is 5.73 Å². The van der Waals surface area contributed by atoms with Gasteiger partial charge in [0.05, 0.1) is 6.04 Å². The highest BCUT2D eigenvalue weighted by atomic mass is 16.5. The molecule has 0 aromatic heterocycles. The molecule has 6 heteroatoms. The van der Waals surface area contributed by atoms with Gasteiger partial charge < -0.3 is 21.1 Å². The first-order valence-electron chi connectivity index (χ1n) is 8.23. The minimum absolute atomic E-state index is 0.0789. The average Bonchev–Trinajstić information content (AvgIpc) is 3.04. The van der Waals surface area contributed by atoms with Gasteiger partial charge in [-0.2, -0.15) is 0 Å². The second-order valence-electron chi connectivity index (χ2n) is 5.99. The molecular weight excluding hydrogens is 318 g/mol. The van der Waals surface area contributed by atoms with Crippen molar-refractivity contribution >= 4 is 11.8 Å². The lowest BCUT2D eigenvalue weighted by Gasteiger charge is -2.10. The van der Waals surface area contributed by atoms with Crippen LogP contribution >= 0.6 is 0 Å². The van der Waals surface area contributed by atoms with Crippen molar-refractivity contribution in [3.63, 3.8) is 0 Å². The topological polar surface area (TPSA) is 93.5 Å². The van der Waals surface area contributed by atoms with Crippen molar-refractivity contribution in [3.8, 4) is 16.9 Å². The zero-order valence-corrected chi connectivity index (χ0v) is 13.8. The van der Waals surface area contributed by atoms with Crippen molar-refractivity contribution < 1.29 is 14.3 Å². The highest BCUT2D eigenvalue weighted by Gasteiger charge is 2.22. The first-order valence-corrected chi connectivity index (χ1v) is 8.23. The summed E-state index contributed by atoms with van der Waals surface area (Å²) in [6.45, 7) is 1.28. The van der Waals surface area contributed by atoms with E-state index in [1.807, 2.05) is 48.5 Å². The number of nitrogens with two attached hydrogens (primary N) is 1. The van der Waals surface area contributed by atoms with Gasteiger partial charge in [0, 0.05) is 13.1 Å². The second-order valence-corrected chi connectivity index (χ2v) is 5.99. The molecule has 0 aliphatic carbocycles. The first-order chi connectivity index (χ1) is 12.1. The van der Waals surface area contributed by atoms with Crippen LogP contribution in [0.5, 0.6) is 5.75 Å². The fourth-order valence-corrected chi connectivity index (χ4v) is 2.74. The summed E-state index contributed by atoms with van der Waals surface area (Å²) in [4.78, 5) is 22.3. The molecule has 0 bridgehead atoms. The lowest BCUT2D eigenvalue weighted by Crippen LogP contribution is -2.35. The Kier molecular flexibility index (Phi) is 5.30. The number of nitrogens with one attached hydrogen (secondary N) is 2. The molecule has 2 aromatic carbocycles. The summed E-state index contributed by atoms with van der Waals surface area (Å²) in [6, 6.07) is 15.6. The van der Waals surface area contributed by atoms with E-state index in [9.17, 15) is 9.59 Å². The Morgan fingerprint density at radius 3 is 2.32 bits per heavy atom. The van der Waals surface area contributed by atoms with Crippen molar-refractivity contribution in [1.82, 2.24) is 10.6 Å². The molecule has 25 heavy (non-hydrogen) atoms. The Labute approximate surface area is 146 Å². The highest BCUT2D eigenvalue weighted by molar-refractivity contribution is 5.83. The van der Waals surface area contributed by atoms with Crippen molar-refractivity contribution in [2.45, 2.75) is 19.0 Å². The number of hydrogen-bond donors (Lipinski definition) is 3. The minimum atomic E-state index is -0.497. The Morgan fingerprint density at radius 2 is 1.76 bits per heavy atom. The molecular formula is C19H21N3O3. The van der Waals surface area contributed by atoms with Gasteiger partial charge in [-0.25, -0.2) is 0 Å². The predicted octanol–water partition coefficient (Wildman–Crippen LogP) is 1.20. The van der Waals surface area contributed by atoms with E-state index in [1.165, 1.54) is 0 Å². The SMILES string of the molecule is NC(=O)COc1ccc(-c2ccc(CNC3CCNC3=O)cc2)cc1. The van der Waals surface area contributed by atoms with Crippen LogP contribution < -0.4 is 21.1 Å². The number of primary amides is 1. The highest BCUT2D eigenvalue weighted by Crippen LogP contribution is 2.23. The molecule has 6 nitrogen and oxygen atoms in total. The molecule has 2 aromatic rings. The molecule has 3 rings (SSSR count). The van der Waals surface area contributed by atoms with Crippen LogP contribution in [-0.2, 0) is 16.1 Å². The summed E-state index contributed by atoms with van der Waals surface area (Å²) in [7, 11) is 0. The average molecular weight is 339 g/mol. The quantitative estimate of drug-likeness (QED) is 0.706. The smallest absolute Gasteiger partial charge is 0.255 e. The van der Waals surface area contributed by atoms with Gasteiger partial charge >= 0.3 is 0 Å². The lowest BCUT2D eigenvalue weighted by molar-refractivity contribution is -0.121. The molecule has 1 aliphatic heterocycles. The molecule has 0 spiro atoms. The largest absolute Gasteiger partial charge is 0.484 e. The van der Waals surface area contributed by atoms with Crippen LogP contribution in [0.1, 0.15) is 12.0 Å². The molecule has 1 fully saturated rings. The van der Waals surface area contributed by atoms with E-state index >= 15 is 0 Å². The number of ether oxygens (including phenoxy) is 1. The van der Waals surface area contributed by atoms with E-state index in [-0.39, 0.29) is 18.6 Å². The normalized spacial score (nSPS) is 16.5. The number of amides is 2. The lowest BCUT2D eigenvalue weighted by atomic mass is 10.0. The van der Waals surface area contributed by atoms with Crippen molar-refractivity contribution in [2.75, 3.05) is 13.2 Å². The molecule has 1 aliphatic rings. The summed E-state index contributed by atoms with van der Waals surface area (Å²) in [5, 5.41) is 6.09. The molecule has 130 valence electrons. The minimum Gasteiger partial charge on any atom is -0.484 e. The zero-order valence-electron chi connectivity index (χ0n) is 13.8. The van der Waals surface area contributed by atoms with Gasteiger partial charge in [-0.1, -0.05) is 36.4 Å². The summed E-state index contributed by atoms with van der Waals surface area (Å²) < 4.78 is 5.25. The maximum absolute atomic E-state index is 11.5. The van der Waals surface area contributed by atoms with Crippen LogP contribution in [0.15, 0.2) is 48.5 Å². The number of carbonyl (C=O) groups excluding carboxylic acids is 2. The summed E-state index contributed by atoms with van der Waals surface area (Å²) in [6.07, 6.45) is 0.834. The van der Waals surface area contributed by atoms with Gasteiger partial charge in [0.15, 0.2) is 6.61 Å². The van der Waals surface area contributed by atoms with E-state index < -0.39 is 5.91 Å². The molecule has 0 radical (unpaired) electrons. The van der Waals surface area contributed by atoms with Crippen molar-refractivity contribution in [1.29, 1.82) is 0 Å². The molecule has 1 saturated heterocycles. The number of carbonyl (C=O) groups is 2. The van der Waals surface area contributed by atoms with Crippen LogP contribution in [0.3, 0.4) is 0 Å². The fraction of sp³-hybridized carbons (Fsp3) is 0.263. The van der Waals surface area contributed by atoms with E-state index in [2.05, 4.69) is 10.6 Å². The van der Waals surface area contributed by atoms with Crippen LogP contribution in [0.2, 0.25) is 0 Å². The molecule has 4 N–H and O–H groups in total. The summed E-state index contributed by atoms with van der Waals surface area (Å²) in [5.41, 5.74) is 8.33. The zero-order chi connectivity index (χ0) is 17.6. The van der Waals surface area contributed by atoms with E-state index in [1.54, 1.807) is 0 Å². The van der Waals surface area contributed by atoms with Crippen LogP contribution in [-0.4, -0.2) is 31.0 Å². The Bertz CT molecular complexity index is 742. The van der Waals surface area contributed by atoms with Gasteiger partial charge in [-0.05, 0) is 35.2 Å². The van der Waals surface area contributed by atoms with Gasteiger partial charge in [0.2, 0.25) is 5.91 Å². The summed E-state index contributed by atoms with van der Waals surface area (Å²) in [5.74, 6) is 0.192. The Hall–Kier alpha value is -2.86. The maximum atomic E-state index is 11.5. The van der Waals surface area contributed by atoms with Crippen LogP contribution in [0.4, 0.5) is 0 Å². The van der Waals surface area contributed by atoms with Crippen LogP contribution in [0.25, 0.3) is 11.1 Å². The standard InChI is InChI=1S/C19H21N3O3/c20-18(23)12-25-16-7-5-15(6-8-16)14-3-1-13(2-4-14)11-22-17-9-10-21-19(17)24/h1-8,17,22H,9-12H2,(H2,20,23)(H,21,24). The molecule has 1 heterocycles. The Balaban J connectivity index is 1.58. The number of hydrogen-bond acceptors (Lipinski definition) is 4. The monoisotopic (exact) mass is 339 g/mol. The summed E-state index contributed by atoms with van der Waals surface area (Å²) >= 11 is 0. The molecule has 2 amide bonds. The van der Waals surface area contributed by atoms with Gasteiger partial charge in [-0.15, -0.1) is 0 Å². The van der Waals surface area contributed by atoms with Gasteiger partial charge in [-0.3, -0.25) is 9.59 Å². The number of rotatable bonds is 7. The third-order valence-corrected chi connectivity index (χ3v) is 4.12. The van der Waals surface area contributed by atoms with E-state index in [4.69, 9.17) is 10.5 Å². The molecule has 1 atom stereocenters. The second kappa shape index (κ2) is 7.81. The van der Waals surface area contributed by atoms with E-state index in [0.717, 1.165) is 29.7 Å². The predicted molar refractivity (Wildman–Crippen MR) is 94.8 cm³/mol. The molecule has 0 saturated carbocycles. The van der Waals surface area contributed by atoms with E-state index in [0.29, 0.717) is 12.3 Å². The van der Waals surface area contributed by atoms with Gasteiger partial charge in [0.25, 0.3) is 5.91 Å². The van der Waals surface area contributed by atoms with Crippen molar-refractivity contribution in [3.05, 3.63) is 54.1 Å². The number of benzene rings is 2. The van der Waals surface area contributed by atoms with Gasteiger partial charge in [0.1, 0.15) is 5.75 Å². The fourth-order valence-electron chi connectivity index (χ4n) is 2.74. The first kappa shape index (κ1) is 17.0.